The molecule has 0 heterocycles. The van der Waals surface area contributed by atoms with Crippen molar-refractivity contribution in [2.75, 3.05) is 0 Å². The van der Waals surface area contributed by atoms with Crippen LogP contribution in [-0.2, 0) is 6.42 Å². The van der Waals surface area contributed by atoms with Crippen molar-refractivity contribution in [3.05, 3.63) is 33.4 Å². The first-order chi connectivity index (χ1) is 6.22. The molecule has 0 radical (unpaired) electrons. The minimum Gasteiger partial charge on any atom is -0.0891 e. The van der Waals surface area contributed by atoms with Crippen LogP contribution in [0.5, 0.6) is 0 Å². The molecule has 1 rings (SSSR count). The third-order valence-corrected chi connectivity index (χ3v) is 3.93. The van der Waals surface area contributed by atoms with Crippen LogP contribution in [0.3, 0.4) is 0 Å². The van der Waals surface area contributed by atoms with Gasteiger partial charge in [-0.1, -0.05) is 35.0 Å². The summed E-state index contributed by atoms with van der Waals surface area (Å²) in [6, 6.07) is 8.78. The van der Waals surface area contributed by atoms with Crippen LogP contribution in [0.25, 0.3) is 0 Å². The molecule has 13 heavy (non-hydrogen) atoms. The van der Waals surface area contributed by atoms with Crippen LogP contribution in [0, 0.1) is 3.57 Å². The lowest BCUT2D eigenvalue weighted by Gasteiger charge is -2.06. The Hall–Kier alpha value is 0.430. The summed E-state index contributed by atoms with van der Waals surface area (Å²) in [5.41, 5.74) is 1.44. The molecule has 0 nitrogen and oxygen atoms in total. The number of hydrogen-bond acceptors (Lipinski definition) is 0. The SMILES string of the molecule is CCC(Br)CCc1ccc(I)cc1. The number of alkyl halides is 1. The summed E-state index contributed by atoms with van der Waals surface area (Å²) >= 11 is 5.98. The van der Waals surface area contributed by atoms with Gasteiger partial charge in [0.1, 0.15) is 0 Å². The van der Waals surface area contributed by atoms with E-state index in [0.29, 0.717) is 4.83 Å². The molecule has 0 bridgehead atoms. The zero-order valence-corrected chi connectivity index (χ0v) is 11.5. The van der Waals surface area contributed by atoms with Crippen molar-refractivity contribution in [2.24, 2.45) is 0 Å². The first-order valence-electron chi connectivity index (χ1n) is 4.61. The third kappa shape index (κ3) is 4.45. The maximum absolute atomic E-state index is 3.65. The Morgan fingerprint density at radius 3 is 2.46 bits per heavy atom. The summed E-state index contributed by atoms with van der Waals surface area (Å²) in [4.78, 5) is 0.673. The molecule has 2 heteroatoms. The highest BCUT2D eigenvalue weighted by atomic mass is 127. The smallest absolute Gasteiger partial charge is 0.0146 e. The van der Waals surface area contributed by atoms with Crippen LogP contribution in [-0.4, -0.2) is 4.83 Å². The van der Waals surface area contributed by atoms with Crippen molar-refractivity contribution >= 4 is 38.5 Å². The van der Waals surface area contributed by atoms with Crippen LogP contribution >= 0.6 is 38.5 Å². The molecule has 72 valence electrons. The fourth-order valence-corrected chi connectivity index (χ4v) is 1.77. The number of aryl methyl sites for hydroxylation is 1. The maximum Gasteiger partial charge on any atom is 0.0146 e. The molecular weight excluding hydrogens is 339 g/mol. The van der Waals surface area contributed by atoms with Crippen molar-refractivity contribution in [3.8, 4) is 0 Å². The highest BCUT2D eigenvalue weighted by Crippen LogP contribution is 2.14. The van der Waals surface area contributed by atoms with E-state index in [9.17, 15) is 0 Å². The third-order valence-electron chi connectivity index (χ3n) is 2.10. The minimum atomic E-state index is 0.673. The summed E-state index contributed by atoms with van der Waals surface area (Å²) in [6.07, 6.45) is 3.63. The topological polar surface area (TPSA) is 0 Å². The molecule has 0 aliphatic heterocycles. The second kappa shape index (κ2) is 6.02. The second-order valence-electron chi connectivity index (χ2n) is 3.17. The average Bonchev–Trinajstić information content (AvgIpc) is 2.16. The maximum atomic E-state index is 3.65. The highest BCUT2D eigenvalue weighted by Gasteiger charge is 2.00. The van der Waals surface area contributed by atoms with E-state index in [1.807, 2.05) is 0 Å². The molecule has 0 saturated heterocycles. The standard InChI is InChI=1S/C11H14BrI/c1-2-10(12)6-3-9-4-7-11(13)8-5-9/h4-5,7-8,10H,2-3,6H2,1H3. The van der Waals surface area contributed by atoms with E-state index >= 15 is 0 Å². The van der Waals surface area contributed by atoms with Crippen molar-refractivity contribution in [2.45, 2.75) is 31.0 Å². The van der Waals surface area contributed by atoms with Gasteiger partial charge in [-0.25, -0.2) is 0 Å². The first-order valence-corrected chi connectivity index (χ1v) is 6.60. The number of hydrogen-bond donors (Lipinski definition) is 0. The quantitative estimate of drug-likeness (QED) is 0.556. The van der Waals surface area contributed by atoms with E-state index in [4.69, 9.17) is 0 Å². The number of benzene rings is 1. The zero-order valence-electron chi connectivity index (χ0n) is 7.76. The van der Waals surface area contributed by atoms with Crippen molar-refractivity contribution < 1.29 is 0 Å². The monoisotopic (exact) mass is 352 g/mol. The van der Waals surface area contributed by atoms with Gasteiger partial charge in [-0.05, 0) is 59.5 Å². The van der Waals surface area contributed by atoms with Gasteiger partial charge >= 0.3 is 0 Å². The van der Waals surface area contributed by atoms with Crippen molar-refractivity contribution in [1.82, 2.24) is 0 Å². The molecular formula is C11H14BrI. The van der Waals surface area contributed by atoms with Crippen LogP contribution in [0.1, 0.15) is 25.3 Å². The van der Waals surface area contributed by atoms with Gasteiger partial charge in [0.05, 0.1) is 0 Å². The molecule has 0 fully saturated rings. The molecule has 0 spiro atoms. The van der Waals surface area contributed by atoms with Crippen molar-refractivity contribution in [1.29, 1.82) is 0 Å². The van der Waals surface area contributed by atoms with Gasteiger partial charge in [-0.2, -0.15) is 0 Å². The normalized spacial score (nSPS) is 12.8. The van der Waals surface area contributed by atoms with Gasteiger partial charge < -0.3 is 0 Å². The van der Waals surface area contributed by atoms with Crippen LogP contribution in [0.4, 0.5) is 0 Å². The Morgan fingerprint density at radius 1 is 1.31 bits per heavy atom. The molecule has 1 aromatic carbocycles. The van der Waals surface area contributed by atoms with E-state index in [2.05, 4.69) is 69.7 Å². The molecule has 0 aliphatic rings. The molecule has 1 aromatic rings. The van der Waals surface area contributed by atoms with Crippen molar-refractivity contribution in [3.63, 3.8) is 0 Å². The summed E-state index contributed by atoms with van der Waals surface area (Å²) in [6.45, 7) is 2.22. The fourth-order valence-electron chi connectivity index (χ4n) is 1.18. The Morgan fingerprint density at radius 2 is 1.92 bits per heavy atom. The second-order valence-corrected chi connectivity index (χ2v) is 5.71. The van der Waals surface area contributed by atoms with E-state index in [1.165, 1.54) is 28.4 Å². The van der Waals surface area contributed by atoms with Crippen LogP contribution < -0.4 is 0 Å². The van der Waals surface area contributed by atoms with Gasteiger partial charge in [-0.15, -0.1) is 0 Å². The van der Waals surface area contributed by atoms with Gasteiger partial charge in [0.2, 0.25) is 0 Å². The molecule has 1 atom stereocenters. The van der Waals surface area contributed by atoms with Gasteiger partial charge in [0, 0.05) is 8.40 Å². The molecule has 0 N–H and O–H groups in total. The summed E-state index contributed by atoms with van der Waals surface area (Å²) in [5.74, 6) is 0. The number of rotatable bonds is 4. The zero-order chi connectivity index (χ0) is 9.68. The predicted octanol–water partition coefficient (Wildman–Crippen LogP) is 4.40. The van der Waals surface area contributed by atoms with Gasteiger partial charge in [-0.3, -0.25) is 0 Å². The minimum absolute atomic E-state index is 0.673. The lowest BCUT2D eigenvalue weighted by Crippen LogP contribution is -1.97. The Bertz CT molecular complexity index is 243. The Labute approximate surface area is 102 Å². The van der Waals surface area contributed by atoms with Crippen LogP contribution in [0.2, 0.25) is 0 Å². The fraction of sp³-hybridized carbons (Fsp3) is 0.455. The molecule has 0 amide bonds. The highest BCUT2D eigenvalue weighted by molar-refractivity contribution is 14.1. The number of halogens is 2. The lowest BCUT2D eigenvalue weighted by molar-refractivity contribution is 0.746. The first kappa shape index (κ1) is 11.5. The summed E-state index contributed by atoms with van der Waals surface area (Å²) in [7, 11) is 0. The van der Waals surface area contributed by atoms with Crippen LogP contribution in [0.15, 0.2) is 24.3 Å². The lowest BCUT2D eigenvalue weighted by atomic mass is 10.1. The summed E-state index contributed by atoms with van der Waals surface area (Å²) in [5, 5.41) is 0. The van der Waals surface area contributed by atoms with E-state index in [-0.39, 0.29) is 0 Å². The summed E-state index contributed by atoms with van der Waals surface area (Å²) < 4.78 is 1.31. The molecule has 1 unspecified atom stereocenters. The van der Waals surface area contributed by atoms with Gasteiger partial charge in [0.15, 0.2) is 0 Å². The van der Waals surface area contributed by atoms with E-state index in [0.717, 1.165) is 0 Å². The molecule has 0 saturated carbocycles. The Kier molecular flexibility index (Phi) is 5.32. The van der Waals surface area contributed by atoms with E-state index in [1.54, 1.807) is 0 Å². The molecule has 0 aliphatic carbocycles. The largest absolute Gasteiger partial charge is 0.0891 e. The predicted molar refractivity (Wildman–Crippen MR) is 70.5 cm³/mol. The van der Waals surface area contributed by atoms with Gasteiger partial charge in [0.25, 0.3) is 0 Å². The van der Waals surface area contributed by atoms with E-state index < -0.39 is 0 Å². The molecule has 0 aromatic heterocycles. The average molecular weight is 353 g/mol. The Balaban J connectivity index is 2.41.